The fourth-order valence-corrected chi connectivity index (χ4v) is 4.37. The minimum absolute atomic E-state index is 0.0821. The van der Waals surface area contributed by atoms with Gasteiger partial charge in [-0.05, 0) is 43.0 Å². The first kappa shape index (κ1) is 18.6. The molecule has 4 rings (SSSR count). The predicted octanol–water partition coefficient (Wildman–Crippen LogP) is 4.44. The topological polar surface area (TPSA) is 51.0 Å². The number of amides is 1. The second-order valence-electron chi connectivity index (χ2n) is 7.16. The van der Waals surface area contributed by atoms with Crippen molar-refractivity contribution >= 4 is 29.0 Å². The highest BCUT2D eigenvalue weighted by Crippen LogP contribution is 2.30. The van der Waals surface area contributed by atoms with Crippen molar-refractivity contribution < 1.29 is 9.18 Å². The number of nitrogens with zero attached hydrogens (tertiary/aromatic N) is 4. The molecule has 0 saturated heterocycles. The van der Waals surface area contributed by atoms with E-state index >= 15 is 0 Å². The van der Waals surface area contributed by atoms with Crippen molar-refractivity contribution in [3.63, 3.8) is 0 Å². The van der Waals surface area contributed by atoms with Gasteiger partial charge in [-0.3, -0.25) is 4.79 Å². The molecule has 144 valence electrons. The number of aromatic nitrogens is 3. The number of halogens is 1. The number of fused-ring (bicyclic) bond motifs is 1. The van der Waals surface area contributed by atoms with Crippen LogP contribution in [0.25, 0.3) is 11.2 Å². The van der Waals surface area contributed by atoms with Crippen LogP contribution in [-0.2, 0) is 11.2 Å². The second-order valence-corrected chi connectivity index (χ2v) is 8.22. The van der Waals surface area contributed by atoms with E-state index in [1.807, 2.05) is 13.1 Å². The molecule has 1 aromatic carbocycles. The number of carbonyl (C=O) groups excluding carboxylic acids is 1. The van der Waals surface area contributed by atoms with Crippen molar-refractivity contribution in [2.45, 2.75) is 26.2 Å². The van der Waals surface area contributed by atoms with E-state index in [1.165, 1.54) is 17.0 Å². The number of rotatable bonds is 4. The molecule has 0 saturated carbocycles. The maximum Gasteiger partial charge on any atom is 0.234 e. The Balaban J connectivity index is 1.53. The molecule has 2 aromatic heterocycles. The summed E-state index contributed by atoms with van der Waals surface area (Å²) in [4.78, 5) is 20.3. The molecule has 1 amide bonds. The van der Waals surface area contributed by atoms with E-state index in [9.17, 15) is 9.18 Å². The number of likely N-dealkylation sites (N-methyl/N-ethyl adjacent to an activating group) is 1. The summed E-state index contributed by atoms with van der Waals surface area (Å²) in [6.07, 6.45) is 8.70. The van der Waals surface area contributed by atoms with Gasteiger partial charge in [0.2, 0.25) is 11.0 Å². The van der Waals surface area contributed by atoms with Gasteiger partial charge in [-0.2, -0.15) is 5.10 Å². The van der Waals surface area contributed by atoms with Gasteiger partial charge in [-0.1, -0.05) is 36.5 Å². The van der Waals surface area contributed by atoms with Gasteiger partial charge in [0.1, 0.15) is 5.82 Å². The van der Waals surface area contributed by atoms with Crippen LogP contribution in [-0.4, -0.2) is 27.7 Å². The average Bonchev–Trinajstić information content (AvgIpc) is 3.33. The zero-order valence-electron chi connectivity index (χ0n) is 16.0. The molecule has 0 spiro atoms. The van der Waals surface area contributed by atoms with Crippen molar-refractivity contribution in [2.24, 2.45) is 5.92 Å². The lowest BCUT2D eigenvalue weighted by Crippen LogP contribution is -2.30. The standard InChI is InChI=1S/C21H21FN4OS/c1-13-4-9-18-19(10-13)28-21(24-18)26-12-17(11-23-26)25(3)20(27)14(2)15-5-7-16(22)8-6-15/h4-9,11-14H,10H2,1-3H3/t13?,14-/m1/s1. The number of allylic oxidation sites excluding steroid dienone is 1. The first-order valence-corrected chi connectivity index (χ1v) is 10.00. The van der Waals surface area contributed by atoms with Crippen LogP contribution in [0.1, 0.15) is 35.9 Å². The molecule has 0 aliphatic heterocycles. The van der Waals surface area contributed by atoms with Crippen molar-refractivity contribution in [1.29, 1.82) is 0 Å². The van der Waals surface area contributed by atoms with Gasteiger partial charge in [0.25, 0.3) is 0 Å². The smallest absolute Gasteiger partial charge is 0.234 e. The quantitative estimate of drug-likeness (QED) is 0.655. The number of anilines is 1. The predicted molar refractivity (Wildman–Crippen MR) is 109 cm³/mol. The van der Waals surface area contributed by atoms with Gasteiger partial charge < -0.3 is 4.90 Å². The molecule has 1 aliphatic rings. The molecule has 7 heteroatoms. The zero-order chi connectivity index (χ0) is 19.8. The first-order valence-electron chi connectivity index (χ1n) is 9.18. The molecule has 0 bridgehead atoms. The van der Waals surface area contributed by atoms with Crippen molar-refractivity contribution in [3.05, 3.63) is 64.7 Å². The summed E-state index contributed by atoms with van der Waals surface area (Å²) >= 11 is 1.63. The lowest BCUT2D eigenvalue weighted by Gasteiger charge is -2.20. The van der Waals surface area contributed by atoms with Crippen LogP contribution in [0.15, 0.2) is 42.7 Å². The zero-order valence-corrected chi connectivity index (χ0v) is 16.8. The molecular formula is C21H21FN4OS. The average molecular weight is 396 g/mol. The number of hydrogen-bond donors (Lipinski definition) is 0. The number of carbonyl (C=O) groups is 1. The molecule has 28 heavy (non-hydrogen) atoms. The Morgan fingerprint density at radius 1 is 1.36 bits per heavy atom. The van der Waals surface area contributed by atoms with E-state index in [-0.39, 0.29) is 17.6 Å². The van der Waals surface area contributed by atoms with Crippen LogP contribution in [0.2, 0.25) is 0 Å². The summed E-state index contributed by atoms with van der Waals surface area (Å²) in [5.41, 5.74) is 2.47. The fraction of sp³-hybridized carbons (Fsp3) is 0.286. The van der Waals surface area contributed by atoms with E-state index in [2.05, 4.69) is 29.2 Å². The van der Waals surface area contributed by atoms with Crippen LogP contribution < -0.4 is 4.90 Å². The number of hydrogen-bond acceptors (Lipinski definition) is 4. The molecule has 0 N–H and O–H groups in total. The molecule has 5 nitrogen and oxygen atoms in total. The van der Waals surface area contributed by atoms with Gasteiger partial charge in [0.15, 0.2) is 0 Å². The molecule has 2 atom stereocenters. The molecule has 2 heterocycles. The van der Waals surface area contributed by atoms with Crippen LogP contribution in [0, 0.1) is 11.7 Å². The van der Waals surface area contributed by atoms with Crippen LogP contribution in [0.5, 0.6) is 0 Å². The highest BCUT2D eigenvalue weighted by atomic mass is 32.1. The lowest BCUT2D eigenvalue weighted by atomic mass is 10.00. The van der Waals surface area contributed by atoms with Gasteiger partial charge in [-0.25, -0.2) is 14.1 Å². The third-order valence-electron chi connectivity index (χ3n) is 5.03. The molecular weight excluding hydrogens is 375 g/mol. The highest BCUT2D eigenvalue weighted by Gasteiger charge is 2.22. The monoisotopic (exact) mass is 396 g/mol. The Hall–Kier alpha value is -2.80. The molecule has 1 unspecified atom stereocenters. The van der Waals surface area contributed by atoms with Crippen molar-refractivity contribution in [3.8, 4) is 5.13 Å². The maximum atomic E-state index is 13.1. The minimum Gasteiger partial charge on any atom is -0.312 e. The third kappa shape index (κ3) is 3.49. The third-order valence-corrected chi connectivity index (χ3v) is 6.11. The summed E-state index contributed by atoms with van der Waals surface area (Å²) in [5, 5.41) is 5.19. The Kier molecular flexibility index (Phi) is 4.85. The highest BCUT2D eigenvalue weighted by molar-refractivity contribution is 7.14. The van der Waals surface area contributed by atoms with Crippen LogP contribution in [0.4, 0.5) is 10.1 Å². The van der Waals surface area contributed by atoms with E-state index < -0.39 is 0 Å². The van der Waals surface area contributed by atoms with Crippen LogP contribution >= 0.6 is 11.3 Å². The lowest BCUT2D eigenvalue weighted by molar-refractivity contribution is -0.119. The van der Waals surface area contributed by atoms with E-state index in [4.69, 9.17) is 0 Å². The summed E-state index contributed by atoms with van der Waals surface area (Å²) in [5.74, 6) is -0.256. The van der Waals surface area contributed by atoms with E-state index in [0.717, 1.165) is 22.8 Å². The van der Waals surface area contributed by atoms with E-state index in [1.54, 1.807) is 46.3 Å². The number of thiazole rings is 1. The Bertz CT molecular complexity index is 1040. The molecule has 0 fully saturated rings. The minimum atomic E-state index is -0.382. The largest absolute Gasteiger partial charge is 0.312 e. The molecule has 0 radical (unpaired) electrons. The maximum absolute atomic E-state index is 13.1. The second kappa shape index (κ2) is 7.31. The Morgan fingerprint density at radius 3 is 2.86 bits per heavy atom. The Labute approximate surface area is 167 Å². The summed E-state index contributed by atoms with van der Waals surface area (Å²) in [7, 11) is 1.72. The van der Waals surface area contributed by atoms with E-state index in [0.29, 0.717) is 11.6 Å². The Morgan fingerprint density at radius 2 is 2.11 bits per heavy atom. The molecule has 3 aromatic rings. The first-order chi connectivity index (χ1) is 13.4. The number of benzene rings is 1. The van der Waals surface area contributed by atoms with Gasteiger partial charge in [-0.15, -0.1) is 0 Å². The fourth-order valence-electron chi connectivity index (χ4n) is 3.24. The summed E-state index contributed by atoms with van der Waals surface area (Å²) in [6, 6.07) is 6.03. The van der Waals surface area contributed by atoms with Gasteiger partial charge >= 0.3 is 0 Å². The van der Waals surface area contributed by atoms with Gasteiger partial charge in [0.05, 0.1) is 29.7 Å². The molecule has 1 aliphatic carbocycles. The summed E-state index contributed by atoms with van der Waals surface area (Å²) in [6.45, 7) is 4.01. The van der Waals surface area contributed by atoms with Gasteiger partial charge in [0, 0.05) is 11.9 Å². The van der Waals surface area contributed by atoms with Crippen molar-refractivity contribution in [1.82, 2.24) is 14.8 Å². The van der Waals surface area contributed by atoms with Crippen molar-refractivity contribution in [2.75, 3.05) is 11.9 Å². The SMILES string of the molecule is CC1C=Cc2nc(-n3cc(N(C)C(=O)[C@H](C)c4ccc(F)cc4)cn3)sc2C1. The van der Waals surface area contributed by atoms with Crippen LogP contribution in [0.3, 0.4) is 0 Å². The summed E-state index contributed by atoms with van der Waals surface area (Å²) < 4.78 is 14.8. The normalized spacial score (nSPS) is 16.6.